The number of nitrogen functional groups attached to an aromatic ring is 1. The predicted molar refractivity (Wildman–Crippen MR) is 148 cm³/mol. The highest BCUT2D eigenvalue weighted by Crippen LogP contribution is 2.28. The van der Waals surface area contributed by atoms with Crippen LogP contribution < -0.4 is 15.8 Å². The summed E-state index contributed by atoms with van der Waals surface area (Å²) >= 11 is 0. The number of nitrogens with two attached hydrogens (primary N) is 1. The minimum atomic E-state index is -4.50. The topological polar surface area (TPSA) is 137 Å². The first-order valence-electron chi connectivity index (χ1n) is 13.0. The number of carbonyl (C=O) groups excluding carboxylic acids is 2. The van der Waals surface area contributed by atoms with Gasteiger partial charge in [-0.05, 0) is 41.8 Å². The number of alkyl halides is 2. The molecule has 4 N–H and O–H groups in total. The summed E-state index contributed by atoms with van der Waals surface area (Å²) in [6.45, 7) is 0.546. The van der Waals surface area contributed by atoms with Crippen molar-refractivity contribution in [2.45, 2.75) is 48.3 Å². The fourth-order valence-corrected chi connectivity index (χ4v) is 5.63. The van der Waals surface area contributed by atoms with E-state index < -0.39 is 52.4 Å². The Balaban J connectivity index is 1.64. The van der Waals surface area contributed by atoms with Gasteiger partial charge in [0.25, 0.3) is 0 Å². The molecule has 1 aliphatic rings. The number of benzene rings is 3. The van der Waals surface area contributed by atoms with Crippen molar-refractivity contribution in [2.75, 3.05) is 18.9 Å². The van der Waals surface area contributed by atoms with Crippen LogP contribution >= 0.6 is 0 Å². The van der Waals surface area contributed by atoms with Crippen LogP contribution in [0, 0.1) is 0 Å². The number of hydrogen-bond donors (Lipinski definition) is 3. The van der Waals surface area contributed by atoms with Gasteiger partial charge < -0.3 is 20.5 Å². The Labute approximate surface area is 237 Å². The van der Waals surface area contributed by atoms with E-state index in [9.17, 15) is 18.0 Å². The largest absolute Gasteiger partial charge is 0.444 e. The lowest BCUT2D eigenvalue weighted by atomic mass is 9.92. The van der Waals surface area contributed by atoms with Gasteiger partial charge in [-0.1, -0.05) is 60.7 Å². The quantitative estimate of drug-likeness (QED) is 0.276. The molecule has 0 bridgehead atoms. The number of alkyl carbamates (subject to hydrolysis) is 1. The zero-order valence-electron chi connectivity index (χ0n) is 22.0. The Hall–Kier alpha value is -3.87. The van der Waals surface area contributed by atoms with Crippen molar-refractivity contribution in [1.29, 1.82) is 0 Å². The van der Waals surface area contributed by atoms with Crippen LogP contribution in [0.1, 0.15) is 17.5 Å². The van der Waals surface area contributed by atoms with E-state index in [2.05, 4.69) is 5.32 Å². The number of nitrogens with one attached hydrogen (secondary N) is 2. The fraction of sp³-hybridized carbons (Fsp3) is 0.310. The van der Waals surface area contributed by atoms with Gasteiger partial charge in [-0.15, -0.1) is 0 Å². The van der Waals surface area contributed by atoms with Crippen LogP contribution in [0.4, 0.5) is 19.3 Å². The van der Waals surface area contributed by atoms with Crippen molar-refractivity contribution < 1.29 is 36.3 Å². The molecule has 3 aromatic rings. The molecule has 4 rings (SSSR count). The number of ether oxygens (including phenoxy) is 2. The van der Waals surface area contributed by atoms with Gasteiger partial charge in [0.05, 0.1) is 24.2 Å². The van der Waals surface area contributed by atoms with E-state index >= 15 is 8.78 Å². The molecular formula is C29H31F2N3O6S. The van der Waals surface area contributed by atoms with Crippen molar-refractivity contribution in [3.63, 3.8) is 0 Å². The van der Waals surface area contributed by atoms with Crippen LogP contribution in [0.25, 0.3) is 0 Å². The van der Waals surface area contributed by atoms with E-state index in [1.807, 2.05) is 4.72 Å². The molecule has 9 nitrogen and oxygen atoms in total. The van der Waals surface area contributed by atoms with Gasteiger partial charge in [0.1, 0.15) is 12.1 Å². The molecular weight excluding hydrogens is 556 g/mol. The molecule has 1 fully saturated rings. The van der Waals surface area contributed by atoms with Crippen LogP contribution in [-0.4, -0.2) is 57.6 Å². The van der Waals surface area contributed by atoms with E-state index in [1.165, 1.54) is 24.3 Å². The number of Topliss-reactive ketones (excluding diaryl/α,β-unsaturated/α-hetero) is 1. The number of rotatable bonds is 12. The van der Waals surface area contributed by atoms with E-state index in [1.54, 1.807) is 60.7 Å². The minimum absolute atomic E-state index is 0.160. The SMILES string of the molecule is Nc1ccc(S(=O)(=O)NC(Cc2ccccc2)C(F)(F)C(=O)[C@@H](Cc2ccccc2)NC(=O)O[C@H]2CCOC2)cc1. The third kappa shape index (κ3) is 8.09. The molecule has 218 valence electrons. The van der Waals surface area contributed by atoms with Crippen molar-refractivity contribution >= 4 is 27.6 Å². The predicted octanol–water partition coefficient (Wildman–Crippen LogP) is 3.49. The number of anilines is 1. The summed E-state index contributed by atoms with van der Waals surface area (Å²) in [5.74, 6) is -5.91. The Bertz CT molecular complexity index is 1420. The highest BCUT2D eigenvalue weighted by atomic mass is 32.2. The van der Waals surface area contributed by atoms with Gasteiger partial charge in [0.15, 0.2) is 0 Å². The molecule has 1 amide bonds. The summed E-state index contributed by atoms with van der Waals surface area (Å²) in [6.07, 6.45) is -1.95. The molecule has 0 aromatic heterocycles. The number of halogens is 2. The zero-order chi connectivity index (χ0) is 29.5. The maximum absolute atomic E-state index is 16.2. The average Bonchev–Trinajstić information content (AvgIpc) is 3.46. The molecule has 0 aliphatic carbocycles. The van der Waals surface area contributed by atoms with Crippen LogP contribution in [0.5, 0.6) is 0 Å². The average molecular weight is 588 g/mol. The van der Waals surface area contributed by atoms with Gasteiger partial charge >= 0.3 is 12.0 Å². The summed E-state index contributed by atoms with van der Waals surface area (Å²) in [5.41, 5.74) is 6.81. The van der Waals surface area contributed by atoms with Gasteiger partial charge in [0, 0.05) is 18.5 Å². The number of sulfonamides is 1. The summed E-state index contributed by atoms with van der Waals surface area (Å²) in [5, 5.41) is 2.28. The molecule has 3 aromatic carbocycles. The Morgan fingerprint density at radius 3 is 2.10 bits per heavy atom. The van der Waals surface area contributed by atoms with Crippen LogP contribution in [0.2, 0.25) is 0 Å². The highest BCUT2D eigenvalue weighted by Gasteiger charge is 2.51. The van der Waals surface area contributed by atoms with Crippen molar-refractivity contribution in [3.8, 4) is 0 Å². The Morgan fingerprint density at radius 1 is 0.951 bits per heavy atom. The number of amides is 1. The van der Waals surface area contributed by atoms with E-state index in [0.717, 1.165) is 0 Å². The monoisotopic (exact) mass is 587 g/mol. The lowest BCUT2D eigenvalue weighted by Crippen LogP contribution is -2.59. The van der Waals surface area contributed by atoms with Crippen molar-refractivity contribution in [3.05, 3.63) is 96.1 Å². The maximum atomic E-state index is 16.2. The molecule has 0 saturated carbocycles. The van der Waals surface area contributed by atoms with Crippen LogP contribution in [0.15, 0.2) is 89.8 Å². The van der Waals surface area contributed by atoms with E-state index in [4.69, 9.17) is 15.2 Å². The normalized spacial score (nSPS) is 17.0. The van der Waals surface area contributed by atoms with Crippen molar-refractivity contribution in [1.82, 2.24) is 10.0 Å². The first-order valence-corrected chi connectivity index (χ1v) is 14.5. The van der Waals surface area contributed by atoms with E-state index in [-0.39, 0.29) is 23.6 Å². The molecule has 1 heterocycles. The van der Waals surface area contributed by atoms with Crippen molar-refractivity contribution in [2.24, 2.45) is 0 Å². The van der Waals surface area contributed by atoms with Gasteiger partial charge in [-0.25, -0.2) is 17.9 Å². The second kappa shape index (κ2) is 13.2. The second-order valence-corrected chi connectivity index (χ2v) is 11.4. The first-order chi connectivity index (χ1) is 19.5. The van der Waals surface area contributed by atoms with E-state index in [0.29, 0.717) is 24.2 Å². The number of carbonyl (C=O) groups is 2. The number of ketones is 1. The molecule has 0 spiro atoms. The zero-order valence-corrected chi connectivity index (χ0v) is 22.9. The second-order valence-electron chi connectivity index (χ2n) is 9.70. The lowest BCUT2D eigenvalue weighted by Gasteiger charge is -2.30. The summed E-state index contributed by atoms with van der Waals surface area (Å²) < 4.78 is 71.1. The first kappa shape index (κ1) is 30.1. The molecule has 1 unspecified atom stereocenters. The van der Waals surface area contributed by atoms with Gasteiger partial charge in [0.2, 0.25) is 15.8 Å². The molecule has 0 radical (unpaired) electrons. The number of hydrogen-bond acceptors (Lipinski definition) is 7. The fourth-order valence-electron chi connectivity index (χ4n) is 4.39. The summed E-state index contributed by atoms with van der Waals surface area (Å²) in [7, 11) is -4.50. The highest BCUT2D eigenvalue weighted by molar-refractivity contribution is 7.89. The van der Waals surface area contributed by atoms with Gasteiger partial charge in [-0.2, -0.15) is 8.78 Å². The Morgan fingerprint density at radius 2 is 1.54 bits per heavy atom. The lowest BCUT2D eigenvalue weighted by molar-refractivity contribution is -0.148. The molecule has 3 atom stereocenters. The third-order valence-electron chi connectivity index (χ3n) is 6.59. The van der Waals surface area contributed by atoms with Crippen LogP contribution in [-0.2, 0) is 37.1 Å². The third-order valence-corrected chi connectivity index (χ3v) is 8.08. The molecule has 41 heavy (non-hydrogen) atoms. The van der Waals surface area contributed by atoms with Crippen LogP contribution in [0.3, 0.4) is 0 Å². The standard InChI is InChI=1S/C29H31F2N3O6S/c30-29(31,26(18-21-9-5-2-6-10-21)34-41(37,38)24-13-11-22(32)12-14-24)27(35)25(17-20-7-3-1-4-8-20)33-28(36)40-23-15-16-39-19-23/h1-14,23,25-26,34H,15-19,32H2,(H,33,36)/t23-,25+,26?/m0/s1. The molecule has 1 aliphatic heterocycles. The minimum Gasteiger partial charge on any atom is -0.444 e. The summed E-state index contributed by atoms with van der Waals surface area (Å²) in [4.78, 5) is 25.9. The Kier molecular flexibility index (Phi) is 9.69. The smallest absolute Gasteiger partial charge is 0.408 e. The summed E-state index contributed by atoms with van der Waals surface area (Å²) in [6, 6.07) is 17.4. The maximum Gasteiger partial charge on any atom is 0.408 e. The van der Waals surface area contributed by atoms with Gasteiger partial charge in [-0.3, -0.25) is 4.79 Å². The molecule has 12 heteroatoms. The molecule has 1 saturated heterocycles.